The van der Waals surface area contributed by atoms with Crippen LogP contribution in [0.5, 0.6) is 0 Å². The van der Waals surface area contributed by atoms with Crippen molar-refractivity contribution in [3.63, 3.8) is 0 Å². The lowest BCUT2D eigenvalue weighted by Gasteiger charge is -2.08. The Hall–Kier alpha value is -2.93. The molecule has 7 heteroatoms. The molecule has 2 aromatic carbocycles. The highest BCUT2D eigenvalue weighted by Gasteiger charge is 2.23. The van der Waals surface area contributed by atoms with E-state index in [0.717, 1.165) is 0 Å². The summed E-state index contributed by atoms with van der Waals surface area (Å²) in [7, 11) is -1.33. The fourth-order valence-corrected chi connectivity index (χ4v) is 3.44. The maximum Gasteiger partial charge on any atom is 0.374 e. The molecule has 0 radical (unpaired) electrons. The van der Waals surface area contributed by atoms with Crippen molar-refractivity contribution in [1.82, 2.24) is 0 Å². The third-order valence-corrected chi connectivity index (χ3v) is 4.90. The van der Waals surface area contributed by atoms with Crippen molar-refractivity contribution < 1.29 is 27.7 Å². The molecular formula is C20H18O6S. The van der Waals surface area contributed by atoms with E-state index in [9.17, 15) is 13.8 Å². The van der Waals surface area contributed by atoms with Gasteiger partial charge in [0.2, 0.25) is 5.76 Å². The van der Waals surface area contributed by atoms with Crippen LogP contribution in [0.2, 0.25) is 0 Å². The fraction of sp³-hybridized carbons (Fsp3) is 0.200. The van der Waals surface area contributed by atoms with Gasteiger partial charge in [-0.15, -0.1) is 0 Å². The summed E-state index contributed by atoms with van der Waals surface area (Å²) in [5.41, 5.74) is 1.16. The van der Waals surface area contributed by atoms with Crippen LogP contribution in [0, 0.1) is 0 Å². The van der Waals surface area contributed by atoms with Gasteiger partial charge in [-0.1, -0.05) is 30.3 Å². The van der Waals surface area contributed by atoms with Gasteiger partial charge in [-0.25, -0.2) is 9.59 Å². The SMILES string of the molecule is CCOC(=O)c1oc2ccccc2c1COC(=O)c1ccccc1[S@](C)=O. The molecule has 0 aliphatic heterocycles. The van der Waals surface area contributed by atoms with E-state index in [1.54, 1.807) is 55.5 Å². The number of fused-ring (bicyclic) bond motifs is 1. The lowest BCUT2D eigenvalue weighted by Crippen LogP contribution is -2.11. The molecule has 0 aliphatic carbocycles. The number of carbonyl (C=O) groups is 2. The van der Waals surface area contributed by atoms with Crippen LogP contribution in [0.15, 0.2) is 57.8 Å². The molecule has 0 aliphatic rings. The number of esters is 2. The number of ether oxygens (including phenoxy) is 2. The Morgan fingerprint density at radius 3 is 2.44 bits per heavy atom. The molecule has 1 atom stereocenters. The van der Waals surface area contributed by atoms with Gasteiger partial charge in [0.05, 0.1) is 33.4 Å². The topological polar surface area (TPSA) is 82.8 Å². The smallest absolute Gasteiger partial charge is 0.374 e. The summed E-state index contributed by atoms with van der Waals surface area (Å²) < 4.78 is 27.8. The molecular weight excluding hydrogens is 368 g/mol. The van der Waals surface area contributed by atoms with Crippen LogP contribution < -0.4 is 0 Å². The Bertz CT molecular complexity index is 1020. The van der Waals surface area contributed by atoms with Gasteiger partial charge in [-0.3, -0.25) is 4.21 Å². The lowest BCUT2D eigenvalue weighted by atomic mass is 10.1. The van der Waals surface area contributed by atoms with Crippen molar-refractivity contribution in [3.8, 4) is 0 Å². The number of carbonyl (C=O) groups excluding carboxylic acids is 2. The van der Waals surface area contributed by atoms with Gasteiger partial charge in [0.1, 0.15) is 12.2 Å². The van der Waals surface area contributed by atoms with E-state index >= 15 is 0 Å². The van der Waals surface area contributed by atoms with Crippen LogP contribution in [-0.4, -0.2) is 29.0 Å². The summed E-state index contributed by atoms with van der Waals surface area (Å²) in [4.78, 5) is 25.1. The van der Waals surface area contributed by atoms with Crippen molar-refractivity contribution in [1.29, 1.82) is 0 Å². The second kappa shape index (κ2) is 8.18. The van der Waals surface area contributed by atoms with E-state index in [4.69, 9.17) is 13.9 Å². The molecule has 140 valence electrons. The first kappa shape index (κ1) is 18.8. The average Bonchev–Trinajstić information content (AvgIpc) is 3.05. The van der Waals surface area contributed by atoms with E-state index < -0.39 is 22.7 Å². The third-order valence-electron chi connectivity index (χ3n) is 3.92. The van der Waals surface area contributed by atoms with Crippen LogP contribution in [0.1, 0.15) is 33.4 Å². The fourth-order valence-electron chi connectivity index (χ4n) is 2.71. The number of benzene rings is 2. The van der Waals surface area contributed by atoms with Gasteiger partial charge in [-0.05, 0) is 25.1 Å². The summed E-state index contributed by atoms with van der Waals surface area (Å²) >= 11 is 0. The van der Waals surface area contributed by atoms with E-state index in [1.165, 1.54) is 6.26 Å². The molecule has 0 amide bonds. The molecule has 0 spiro atoms. The van der Waals surface area contributed by atoms with E-state index in [1.807, 2.05) is 0 Å². The van der Waals surface area contributed by atoms with Crippen LogP contribution >= 0.6 is 0 Å². The number of hydrogen-bond donors (Lipinski definition) is 0. The molecule has 27 heavy (non-hydrogen) atoms. The number of para-hydroxylation sites is 1. The summed E-state index contributed by atoms with van der Waals surface area (Å²) in [6.45, 7) is 1.72. The zero-order chi connectivity index (χ0) is 19.4. The van der Waals surface area contributed by atoms with Crippen molar-refractivity contribution in [3.05, 3.63) is 65.4 Å². The minimum Gasteiger partial charge on any atom is -0.460 e. The highest BCUT2D eigenvalue weighted by molar-refractivity contribution is 7.84. The molecule has 1 aromatic heterocycles. The number of furan rings is 1. The molecule has 0 N–H and O–H groups in total. The number of rotatable bonds is 6. The molecule has 0 fully saturated rings. The normalized spacial score (nSPS) is 11.9. The summed E-state index contributed by atoms with van der Waals surface area (Å²) in [6.07, 6.45) is 1.49. The van der Waals surface area contributed by atoms with Crippen molar-refractivity contribution in [2.24, 2.45) is 0 Å². The van der Waals surface area contributed by atoms with Gasteiger partial charge in [0.25, 0.3) is 0 Å². The zero-order valence-electron chi connectivity index (χ0n) is 14.9. The van der Waals surface area contributed by atoms with Gasteiger partial charge < -0.3 is 13.9 Å². The van der Waals surface area contributed by atoms with Crippen molar-refractivity contribution >= 4 is 33.7 Å². The van der Waals surface area contributed by atoms with Crippen molar-refractivity contribution in [2.45, 2.75) is 18.4 Å². The maximum atomic E-state index is 12.5. The lowest BCUT2D eigenvalue weighted by molar-refractivity contribution is 0.0433. The zero-order valence-corrected chi connectivity index (χ0v) is 15.7. The summed E-state index contributed by atoms with van der Waals surface area (Å²) in [5, 5.41) is 0.667. The second-order valence-corrected chi connectivity index (χ2v) is 7.00. The second-order valence-electron chi connectivity index (χ2n) is 5.65. The summed E-state index contributed by atoms with van der Waals surface area (Å²) in [6, 6.07) is 13.6. The average molecular weight is 386 g/mol. The Morgan fingerprint density at radius 1 is 1.00 bits per heavy atom. The monoisotopic (exact) mass is 386 g/mol. The van der Waals surface area contributed by atoms with Gasteiger partial charge in [0, 0.05) is 11.6 Å². The molecule has 0 unspecified atom stereocenters. The highest BCUT2D eigenvalue weighted by Crippen LogP contribution is 2.28. The van der Waals surface area contributed by atoms with E-state index in [2.05, 4.69) is 0 Å². The van der Waals surface area contributed by atoms with E-state index in [-0.39, 0.29) is 24.5 Å². The first-order chi connectivity index (χ1) is 13.0. The maximum absolute atomic E-state index is 12.5. The predicted octanol–water partition coefficient (Wildman–Crippen LogP) is 3.70. The highest BCUT2D eigenvalue weighted by atomic mass is 32.2. The largest absolute Gasteiger partial charge is 0.460 e. The Morgan fingerprint density at radius 2 is 1.70 bits per heavy atom. The first-order valence-corrected chi connectivity index (χ1v) is 9.85. The minimum atomic E-state index is -1.33. The van der Waals surface area contributed by atoms with Crippen LogP contribution in [0.4, 0.5) is 0 Å². The molecule has 3 aromatic rings. The van der Waals surface area contributed by atoms with E-state index in [0.29, 0.717) is 21.4 Å². The minimum absolute atomic E-state index is 0.0122. The number of hydrogen-bond acceptors (Lipinski definition) is 6. The molecule has 0 bridgehead atoms. The molecule has 6 nitrogen and oxygen atoms in total. The Balaban J connectivity index is 1.91. The summed E-state index contributed by atoms with van der Waals surface area (Å²) in [5.74, 6) is -1.23. The van der Waals surface area contributed by atoms with Crippen LogP contribution in [0.3, 0.4) is 0 Å². The predicted molar refractivity (Wildman–Crippen MR) is 100 cm³/mol. The van der Waals surface area contributed by atoms with Crippen LogP contribution in [0.25, 0.3) is 11.0 Å². The third kappa shape index (κ3) is 3.93. The standard InChI is InChI=1S/C20H18O6S/c1-3-24-20(22)18-15(13-8-4-6-10-16(13)26-18)12-25-19(21)14-9-5-7-11-17(14)27(2)23/h4-11H,3,12H2,1-2H3/t27-/m0/s1. The quantitative estimate of drug-likeness (QED) is 0.601. The van der Waals surface area contributed by atoms with Crippen molar-refractivity contribution in [2.75, 3.05) is 12.9 Å². The Labute approximate surface area is 158 Å². The van der Waals surface area contributed by atoms with Gasteiger partial charge in [0.15, 0.2) is 0 Å². The molecule has 1 heterocycles. The van der Waals surface area contributed by atoms with Gasteiger partial charge >= 0.3 is 11.9 Å². The van der Waals surface area contributed by atoms with Crippen LogP contribution in [-0.2, 0) is 26.9 Å². The molecule has 3 rings (SSSR count). The molecule has 0 saturated heterocycles. The molecule has 0 saturated carbocycles. The van der Waals surface area contributed by atoms with Gasteiger partial charge in [-0.2, -0.15) is 0 Å². The Kier molecular flexibility index (Phi) is 5.71. The first-order valence-electron chi connectivity index (χ1n) is 8.30.